The van der Waals surface area contributed by atoms with Crippen LogP contribution >= 0.6 is 11.8 Å². The van der Waals surface area contributed by atoms with Crippen LogP contribution in [0.25, 0.3) is 11.4 Å². The normalized spacial score (nSPS) is 10.4. The van der Waals surface area contributed by atoms with E-state index in [9.17, 15) is 9.18 Å². The number of halogens is 1. The summed E-state index contributed by atoms with van der Waals surface area (Å²) < 4.78 is 12.9. The van der Waals surface area contributed by atoms with Crippen LogP contribution in [0.4, 0.5) is 4.39 Å². The van der Waals surface area contributed by atoms with E-state index in [1.54, 1.807) is 0 Å². The van der Waals surface area contributed by atoms with Crippen molar-refractivity contribution < 1.29 is 14.3 Å². The molecule has 0 amide bonds. The third kappa shape index (κ3) is 3.00. The standard InChI is InChI=1S/C9H7FN4O2S/c10-6-1-5(2-11-3-6)8-12-9(14-13-8)17-4-7(15)16/h1-3H,4H2,(H,15,16)(H,12,13,14). The first-order valence-electron chi connectivity index (χ1n) is 4.53. The van der Waals surface area contributed by atoms with Gasteiger partial charge in [-0.05, 0) is 6.07 Å². The second-order valence-corrected chi connectivity index (χ2v) is 3.98. The molecule has 0 saturated heterocycles. The van der Waals surface area contributed by atoms with Gasteiger partial charge in [0.2, 0.25) is 5.16 Å². The third-order valence-electron chi connectivity index (χ3n) is 1.77. The molecular weight excluding hydrogens is 247 g/mol. The SMILES string of the molecule is O=C(O)CSc1n[nH]c(-c2cncc(F)c2)n1. The highest BCUT2D eigenvalue weighted by Crippen LogP contribution is 2.18. The van der Waals surface area contributed by atoms with Gasteiger partial charge < -0.3 is 5.11 Å². The van der Waals surface area contributed by atoms with Crippen molar-refractivity contribution in [1.29, 1.82) is 0 Å². The van der Waals surface area contributed by atoms with E-state index in [4.69, 9.17) is 5.11 Å². The van der Waals surface area contributed by atoms with Crippen molar-refractivity contribution in [3.8, 4) is 11.4 Å². The number of carboxylic acids is 1. The van der Waals surface area contributed by atoms with Crippen LogP contribution in [0.1, 0.15) is 0 Å². The summed E-state index contributed by atoms with van der Waals surface area (Å²) in [5.74, 6) is -1.20. The number of aliphatic carboxylic acids is 1. The number of rotatable bonds is 4. The summed E-state index contributed by atoms with van der Waals surface area (Å²) in [7, 11) is 0. The van der Waals surface area contributed by atoms with Gasteiger partial charge in [0, 0.05) is 11.8 Å². The number of thioether (sulfide) groups is 1. The molecular formula is C9H7FN4O2S. The molecule has 8 heteroatoms. The van der Waals surface area contributed by atoms with Crippen LogP contribution in [0.15, 0.2) is 23.6 Å². The molecule has 2 aromatic heterocycles. The number of hydrogen-bond donors (Lipinski definition) is 2. The molecule has 6 nitrogen and oxygen atoms in total. The van der Waals surface area contributed by atoms with E-state index in [0.29, 0.717) is 16.5 Å². The van der Waals surface area contributed by atoms with Gasteiger partial charge in [-0.3, -0.25) is 14.9 Å². The van der Waals surface area contributed by atoms with Crippen molar-refractivity contribution in [2.75, 3.05) is 5.75 Å². The van der Waals surface area contributed by atoms with Gasteiger partial charge in [-0.1, -0.05) is 11.8 Å². The van der Waals surface area contributed by atoms with Crippen molar-refractivity contribution in [2.45, 2.75) is 5.16 Å². The summed E-state index contributed by atoms with van der Waals surface area (Å²) in [6.07, 6.45) is 2.52. The Bertz CT molecular complexity index is 545. The van der Waals surface area contributed by atoms with Gasteiger partial charge in [0.25, 0.3) is 0 Å². The number of aromatic nitrogens is 4. The van der Waals surface area contributed by atoms with E-state index in [0.717, 1.165) is 18.0 Å². The highest BCUT2D eigenvalue weighted by molar-refractivity contribution is 7.99. The number of nitrogens with one attached hydrogen (secondary N) is 1. The fraction of sp³-hybridized carbons (Fsp3) is 0.111. The predicted octanol–water partition coefficient (Wildman–Crippen LogP) is 1.18. The Morgan fingerprint density at radius 3 is 3.06 bits per heavy atom. The van der Waals surface area contributed by atoms with E-state index in [1.807, 2.05) is 0 Å². The average Bonchev–Trinajstić information content (AvgIpc) is 2.75. The molecule has 0 saturated carbocycles. The maximum atomic E-state index is 12.9. The molecule has 0 radical (unpaired) electrons. The molecule has 88 valence electrons. The van der Waals surface area contributed by atoms with Gasteiger partial charge in [0.05, 0.1) is 11.9 Å². The largest absolute Gasteiger partial charge is 0.481 e. The third-order valence-corrected chi connectivity index (χ3v) is 2.60. The molecule has 0 fully saturated rings. The lowest BCUT2D eigenvalue weighted by molar-refractivity contribution is -0.133. The number of pyridine rings is 1. The molecule has 2 aromatic rings. The molecule has 2 N–H and O–H groups in total. The molecule has 17 heavy (non-hydrogen) atoms. The Hall–Kier alpha value is -1.96. The fourth-order valence-corrected chi connectivity index (χ4v) is 1.63. The maximum Gasteiger partial charge on any atom is 0.313 e. The van der Waals surface area contributed by atoms with Crippen molar-refractivity contribution in [3.63, 3.8) is 0 Å². The first-order valence-corrected chi connectivity index (χ1v) is 5.51. The first-order chi connectivity index (χ1) is 8.15. The van der Waals surface area contributed by atoms with E-state index in [1.165, 1.54) is 12.3 Å². The molecule has 0 aliphatic heterocycles. The van der Waals surface area contributed by atoms with Gasteiger partial charge >= 0.3 is 5.97 Å². The highest BCUT2D eigenvalue weighted by atomic mass is 32.2. The van der Waals surface area contributed by atoms with Gasteiger partial charge in [-0.15, -0.1) is 5.10 Å². The van der Waals surface area contributed by atoms with Crippen LogP contribution in [0.2, 0.25) is 0 Å². The Kier molecular flexibility index (Phi) is 3.33. The summed E-state index contributed by atoms with van der Waals surface area (Å²) in [6, 6.07) is 1.26. The van der Waals surface area contributed by atoms with Gasteiger partial charge in [-0.25, -0.2) is 9.37 Å². The van der Waals surface area contributed by atoms with Gasteiger partial charge in [0.1, 0.15) is 5.82 Å². The fourth-order valence-electron chi connectivity index (χ4n) is 1.11. The van der Waals surface area contributed by atoms with Crippen LogP contribution in [-0.2, 0) is 4.79 Å². The van der Waals surface area contributed by atoms with Crippen LogP contribution in [0.3, 0.4) is 0 Å². The minimum absolute atomic E-state index is 0.126. The minimum Gasteiger partial charge on any atom is -0.481 e. The van der Waals surface area contributed by atoms with E-state index in [2.05, 4.69) is 20.2 Å². The zero-order valence-electron chi connectivity index (χ0n) is 8.42. The van der Waals surface area contributed by atoms with E-state index in [-0.39, 0.29) is 5.75 Å². The van der Waals surface area contributed by atoms with Crippen molar-refractivity contribution >= 4 is 17.7 Å². The van der Waals surface area contributed by atoms with Crippen molar-refractivity contribution in [2.24, 2.45) is 0 Å². The van der Waals surface area contributed by atoms with Crippen molar-refractivity contribution in [1.82, 2.24) is 20.2 Å². The van der Waals surface area contributed by atoms with Crippen LogP contribution in [0, 0.1) is 5.82 Å². The van der Waals surface area contributed by atoms with Crippen LogP contribution < -0.4 is 0 Å². The molecule has 0 aliphatic carbocycles. The molecule has 0 bridgehead atoms. The minimum atomic E-state index is -0.950. The number of carboxylic acid groups (broad SMARTS) is 1. The van der Waals surface area contributed by atoms with E-state index < -0.39 is 11.8 Å². The number of carbonyl (C=O) groups is 1. The molecule has 0 spiro atoms. The molecule has 0 aliphatic rings. The lowest BCUT2D eigenvalue weighted by Crippen LogP contribution is -1.97. The quantitative estimate of drug-likeness (QED) is 0.796. The second kappa shape index (κ2) is 4.91. The van der Waals surface area contributed by atoms with E-state index >= 15 is 0 Å². The Balaban J connectivity index is 2.15. The first kappa shape index (κ1) is 11.5. The van der Waals surface area contributed by atoms with Gasteiger partial charge in [0.15, 0.2) is 5.82 Å². The van der Waals surface area contributed by atoms with Crippen LogP contribution in [0.5, 0.6) is 0 Å². The highest BCUT2D eigenvalue weighted by Gasteiger charge is 2.08. The Morgan fingerprint density at radius 2 is 2.35 bits per heavy atom. The zero-order valence-corrected chi connectivity index (χ0v) is 9.24. The van der Waals surface area contributed by atoms with Crippen molar-refractivity contribution in [3.05, 3.63) is 24.3 Å². The van der Waals surface area contributed by atoms with Gasteiger partial charge in [-0.2, -0.15) is 0 Å². The molecule has 0 aromatic carbocycles. The monoisotopic (exact) mass is 254 g/mol. The summed E-state index contributed by atoms with van der Waals surface area (Å²) in [4.78, 5) is 18.0. The number of H-pyrrole nitrogens is 1. The number of hydrogen-bond acceptors (Lipinski definition) is 5. The molecule has 2 heterocycles. The topological polar surface area (TPSA) is 91.8 Å². The lowest BCUT2D eigenvalue weighted by atomic mass is 10.3. The zero-order chi connectivity index (χ0) is 12.3. The number of aromatic amines is 1. The predicted molar refractivity (Wildman–Crippen MR) is 57.9 cm³/mol. The summed E-state index contributed by atoms with van der Waals surface area (Å²) >= 11 is 0.981. The summed E-state index contributed by atoms with van der Waals surface area (Å²) in [5.41, 5.74) is 0.458. The lowest BCUT2D eigenvalue weighted by Gasteiger charge is -1.94. The molecule has 2 rings (SSSR count). The Morgan fingerprint density at radius 1 is 1.53 bits per heavy atom. The average molecular weight is 254 g/mol. The van der Waals surface area contributed by atoms with Crippen LogP contribution in [-0.4, -0.2) is 37.0 Å². The Labute approximate surface area is 99.3 Å². The summed E-state index contributed by atoms with van der Waals surface area (Å²) in [5, 5.41) is 15.2. The summed E-state index contributed by atoms with van der Waals surface area (Å²) in [6.45, 7) is 0. The smallest absolute Gasteiger partial charge is 0.313 e. The molecule has 0 atom stereocenters. The second-order valence-electron chi connectivity index (χ2n) is 3.04. The molecule has 0 unspecified atom stereocenters. The maximum absolute atomic E-state index is 12.9. The number of nitrogens with zero attached hydrogens (tertiary/aromatic N) is 3.